The first-order chi connectivity index (χ1) is 6.27. The van der Waals surface area contributed by atoms with Gasteiger partial charge in [-0.1, -0.05) is 12.1 Å². The highest BCUT2D eigenvalue weighted by molar-refractivity contribution is 7.98. The van der Waals surface area contributed by atoms with Crippen LogP contribution in [0.25, 0.3) is 0 Å². The molecule has 1 nitrogen and oxygen atoms in total. The van der Waals surface area contributed by atoms with Crippen LogP contribution in [0, 0.1) is 0 Å². The molecule has 2 rings (SSSR count). The molecule has 0 amide bonds. The number of thioether (sulfide) groups is 1. The Morgan fingerprint density at radius 2 is 2.23 bits per heavy atom. The smallest absolute Gasteiger partial charge is 0.115 e. The summed E-state index contributed by atoms with van der Waals surface area (Å²) in [6.07, 6.45) is 4.69. The van der Waals surface area contributed by atoms with E-state index in [0.29, 0.717) is 11.2 Å². The zero-order valence-electron chi connectivity index (χ0n) is 7.79. The van der Waals surface area contributed by atoms with Gasteiger partial charge in [-0.3, -0.25) is 0 Å². The van der Waals surface area contributed by atoms with Gasteiger partial charge in [-0.15, -0.1) is 0 Å². The van der Waals surface area contributed by atoms with E-state index in [9.17, 15) is 5.11 Å². The van der Waals surface area contributed by atoms with Crippen LogP contribution >= 0.6 is 11.8 Å². The number of phenolic OH excluding ortho intramolecular Hbond substituents is 1. The molecule has 70 valence electrons. The second-order valence-electron chi connectivity index (χ2n) is 3.76. The summed E-state index contributed by atoms with van der Waals surface area (Å²) in [7, 11) is 0. The van der Waals surface area contributed by atoms with E-state index in [0.717, 1.165) is 0 Å². The van der Waals surface area contributed by atoms with Gasteiger partial charge in [-0.25, -0.2) is 0 Å². The number of phenols is 1. The highest BCUT2D eigenvalue weighted by Crippen LogP contribution is 2.50. The molecule has 2 heteroatoms. The Morgan fingerprint density at radius 3 is 2.77 bits per heavy atom. The molecule has 1 aromatic rings. The molecule has 1 aliphatic carbocycles. The van der Waals surface area contributed by atoms with Crippen LogP contribution in [0.5, 0.6) is 5.75 Å². The first-order valence-electron chi connectivity index (χ1n) is 4.55. The summed E-state index contributed by atoms with van der Waals surface area (Å²) in [5.41, 5.74) is 1.69. The minimum absolute atomic E-state index is 0.387. The Bertz CT molecular complexity index is 305. The van der Waals surface area contributed by atoms with E-state index >= 15 is 0 Å². The van der Waals surface area contributed by atoms with Crippen molar-refractivity contribution in [1.29, 1.82) is 0 Å². The van der Waals surface area contributed by atoms with Crippen LogP contribution in [0.1, 0.15) is 18.4 Å². The van der Waals surface area contributed by atoms with Crippen LogP contribution in [0.2, 0.25) is 0 Å². The molecule has 0 spiro atoms. The molecule has 0 radical (unpaired) electrons. The number of benzene rings is 1. The third kappa shape index (κ3) is 1.68. The number of hydrogen-bond acceptors (Lipinski definition) is 2. The zero-order valence-corrected chi connectivity index (χ0v) is 8.60. The van der Waals surface area contributed by atoms with Crippen molar-refractivity contribution in [2.75, 3.05) is 12.0 Å². The first-order valence-corrected chi connectivity index (χ1v) is 5.95. The van der Waals surface area contributed by atoms with Crippen LogP contribution in [-0.4, -0.2) is 17.1 Å². The highest BCUT2D eigenvalue weighted by Gasteiger charge is 2.43. The van der Waals surface area contributed by atoms with Crippen LogP contribution in [-0.2, 0) is 5.41 Å². The van der Waals surface area contributed by atoms with Crippen molar-refractivity contribution in [3.05, 3.63) is 29.8 Å². The van der Waals surface area contributed by atoms with Crippen molar-refractivity contribution in [3.63, 3.8) is 0 Å². The molecule has 0 heterocycles. The fourth-order valence-electron chi connectivity index (χ4n) is 1.78. The van der Waals surface area contributed by atoms with Gasteiger partial charge in [0, 0.05) is 11.2 Å². The highest BCUT2D eigenvalue weighted by atomic mass is 32.2. The largest absolute Gasteiger partial charge is 0.508 e. The molecule has 1 saturated carbocycles. The van der Waals surface area contributed by atoms with Gasteiger partial charge in [-0.2, -0.15) is 11.8 Å². The fraction of sp³-hybridized carbons (Fsp3) is 0.455. The lowest BCUT2D eigenvalue weighted by Crippen LogP contribution is -2.09. The maximum absolute atomic E-state index is 9.37. The van der Waals surface area contributed by atoms with Gasteiger partial charge in [0.05, 0.1) is 0 Å². The van der Waals surface area contributed by atoms with E-state index in [-0.39, 0.29) is 0 Å². The third-order valence-corrected chi connectivity index (χ3v) is 3.57. The molecule has 1 aliphatic rings. The van der Waals surface area contributed by atoms with Crippen molar-refractivity contribution in [1.82, 2.24) is 0 Å². The fourth-order valence-corrected chi connectivity index (χ4v) is 2.79. The Balaban J connectivity index is 2.25. The second kappa shape index (κ2) is 3.26. The topological polar surface area (TPSA) is 20.2 Å². The Hall–Kier alpha value is -0.630. The summed E-state index contributed by atoms with van der Waals surface area (Å²) in [5, 5.41) is 9.37. The summed E-state index contributed by atoms with van der Waals surface area (Å²) < 4.78 is 0. The minimum Gasteiger partial charge on any atom is -0.508 e. The third-order valence-electron chi connectivity index (χ3n) is 2.73. The van der Waals surface area contributed by atoms with E-state index in [4.69, 9.17) is 0 Å². The minimum atomic E-state index is 0.387. The number of aromatic hydroxyl groups is 1. The van der Waals surface area contributed by atoms with Crippen LogP contribution < -0.4 is 0 Å². The van der Waals surface area contributed by atoms with Crippen molar-refractivity contribution in [2.45, 2.75) is 18.3 Å². The summed E-state index contributed by atoms with van der Waals surface area (Å²) in [6, 6.07) is 7.70. The average Bonchev–Trinajstić information content (AvgIpc) is 2.86. The van der Waals surface area contributed by atoms with E-state index < -0.39 is 0 Å². The maximum Gasteiger partial charge on any atom is 0.115 e. The molecule has 0 aliphatic heterocycles. The van der Waals surface area contributed by atoms with Gasteiger partial charge >= 0.3 is 0 Å². The standard InChI is InChI=1S/C11H14OS/c1-13-8-11(5-6-11)9-3-2-4-10(12)7-9/h2-4,7,12H,5-6,8H2,1H3. The van der Waals surface area contributed by atoms with Gasteiger partial charge in [-0.05, 0) is 36.8 Å². The lowest BCUT2D eigenvalue weighted by Gasteiger charge is -2.13. The Labute approximate surface area is 83.2 Å². The SMILES string of the molecule is CSCC1(c2cccc(O)c2)CC1. The second-order valence-corrected chi connectivity index (χ2v) is 4.63. The van der Waals surface area contributed by atoms with Gasteiger partial charge in [0.2, 0.25) is 0 Å². The molecule has 0 atom stereocenters. The average molecular weight is 194 g/mol. The molecule has 0 bridgehead atoms. The van der Waals surface area contributed by atoms with Crippen molar-refractivity contribution >= 4 is 11.8 Å². The molecular formula is C11H14OS. The molecular weight excluding hydrogens is 180 g/mol. The van der Waals surface area contributed by atoms with E-state index in [1.54, 1.807) is 6.07 Å². The van der Waals surface area contributed by atoms with Crippen molar-refractivity contribution < 1.29 is 5.11 Å². The molecule has 13 heavy (non-hydrogen) atoms. The van der Waals surface area contributed by atoms with E-state index in [2.05, 4.69) is 12.3 Å². The maximum atomic E-state index is 9.37. The van der Waals surface area contributed by atoms with E-state index in [1.165, 1.54) is 24.2 Å². The lowest BCUT2D eigenvalue weighted by atomic mass is 9.98. The summed E-state index contributed by atoms with van der Waals surface area (Å²) in [5.74, 6) is 1.57. The summed E-state index contributed by atoms with van der Waals surface area (Å²) in [6.45, 7) is 0. The van der Waals surface area contributed by atoms with Crippen LogP contribution in [0.4, 0.5) is 0 Å². The monoisotopic (exact) mass is 194 g/mol. The van der Waals surface area contributed by atoms with Gasteiger partial charge < -0.3 is 5.11 Å². The quantitative estimate of drug-likeness (QED) is 0.798. The summed E-state index contributed by atoms with van der Waals surface area (Å²) >= 11 is 1.89. The molecule has 0 aromatic heterocycles. The predicted molar refractivity (Wildman–Crippen MR) is 57.4 cm³/mol. The van der Waals surface area contributed by atoms with Gasteiger partial charge in [0.1, 0.15) is 5.75 Å². The van der Waals surface area contributed by atoms with E-state index in [1.807, 2.05) is 23.9 Å². The van der Waals surface area contributed by atoms with Crippen LogP contribution in [0.3, 0.4) is 0 Å². The molecule has 1 N–H and O–H groups in total. The number of hydrogen-bond donors (Lipinski definition) is 1. The molecule has 1 aromatic carbocycles. The zero-order chi connectivity index (χ0) is 9.31. The van der Waals surface area contributed by atoms with Crippen molar-refractivity contribution in [2.24, 2.45) is 0 Å². The van der Waals surface area contributed by atoms with Gasteiger partial charge in [0.25, 0.3) is 0 Å². The van der Waals surface area contributed by atoms with Crippen molar-refractivity contribution in [3.8, 4) is 5.75 Å². The van der Waals surface area contributed by atoms with Crippen LogP contribution in [0.15, 0.2) is 24.3 Å². The number of rotatable bonds is 3. The predicted octanol–water partition coefficient (Wildman–Crippen LogP) is 2.79. The Morgan fingerprint density at radius 1 is 1.46 bits per heavy atom. The first kappa shape index (κ1) is 8.95. The summed E-state index contributed by atoms with van der Waals surface area (Å²) in [4.78, 5) is 0. The normalized spacial score (nSPS) is 18.5. The Kier molecular flexibility index (Phi) is 2.24. The lowest BCUT2D eigenvalue weighted by molar-refractivity contribution is 0.473. The molecule has 0 unspecified atom stereocenters. The van der Waals surface area contributed by atoms with Gasteiger partial charge in [0.15, 0.2) is 0 Å². The molecule has 1 fully saturated rings. The molecule has 0 saturated heterocycles.